The highest BCUT2D eigenvalue weighted by Crippen LogP contribution is 2.21. The minimum absolute atomic E-state index is 0.149. The molecule has 1 atom stereocenters. The van der Waals surface area contributed by atoms with Gasteiger partial charge in [-0.15, -0.1) is 0 Å². The van der Waals surface area contributed by atoms with Crippen LogP contribution in [0.25, 0.3) is 0 Å². The molecule has 0 amide bonds. The second-order valence-electron chi connectivity index (χ2n) is 5.13. The molecule has 4 nitrogen and oxygen atoms in total. The lowest BCUT2D eigenvalue weighted by atomic mass is 9.99. The summed E-state index contributed by atoms with van der Waals surface area (Å²) in [5.41, 5.74) is 1.22. The number of ether oxygens (including phenoxy) is 2. The van der Waals surface area contributed by atoms with Crippen molar-refractivity contribution in [2.75, 3.05) is 6.61 Å². The molecule has 0 aliphatic rings. The van der Waals surface area contributed by atoms with Gasteiger partial charge in [0.2, 0.25) is 0 Å². The standard InChI is InChI=1S/C18H20O4/c1-3-13(2)14-4-8-17(9-5-14)22-18(20)12-21-16-10-6-15(19)7-11-16/h4-11,13,19H,3,12H2,1-2H3. The molecule has 0 aromatic heterocycles. The first-order valence-electron chi connectivity index (χ1n) is 7.31. The highest BCUT2D eigenvalue weighted by atomic mass is 16.6. The fraction of sp³-hybridized carbons (Fsp3) is 0.278. The number of hydrogen-bond donors (Lipinski definition) is 1. The van der Waals surface area contributed by atoms with E-state index in [4.69, 9.17) is 14.6 Å². The molecule has 0 aliphatic carbocycles. The quantitative estimate of drug-likeness (QED) is 0.649. The minimum atomic E-state index is -0.468. The van der Waals surface area contributed by atoms with Crippen LogP contribution < -0.4 is 9.47 Å². The van der Waals surface area contributed by atoms with E-state index in [-0.39, 0.29) is 12.4 Å². The minimum Gasteiger partial charge on any atom is -0.508 e. The van der Waals surface area contributed by atoms with E-state index in [1.807, 2.05) is 12.1 Å². The molecular weight excluding hydrogens is 280 g/mol. The first-order valence-corrected chi connectivity index (χ1v) is 7.31. The van der Waals surface area contributed by atoms with Gasteiger partial charge in [0, 0.05) is 0 Å². The maximum absolute atomic E-state index is 11.7. The Kier molecular flexibility index (Phi) is 5.42. The number of benzene rings is 2. The Balaban J connectivity index is 1.85. The average molecular weight is 300 g/mol. The number of phenols is 1. The Labute approximate surface area is 130 Å². The predicted molar refractivity (Wildman–Crippen MR) is 84.4 cm³/mol. The van der Waals surface area contributed by atoms with Gasteiger partial charge in [0.05, 0.1) is 0 Å². The van der Waals surface area contributed by atoms with Crippen LogP contribution in [0.5, 0.6) is 17.2 Å². The van der Waals surface area contributed by atoms with Crippen LogP contribution in [0.15, 0.2) is 48.5 Å². The third kappa shape index (κ3) is 4.52. The van der Waals surface area contributed by atoms with Crippen molar-refractivity contribution in [3.8, 4) is 17.2 Å². The zero-order chi connectivity index (χ0) is 15.9. The molecule has 0 fully saturated rings. The van der Waals surface area contributed by atoms with E-state index in [1.54, 1.807) is 24.3 Å². The molecule has 2 aromatic carbocycles. The second-order valence-corrected chi connectivity index (χ2v) is 5.13. The van der Waals surface area contributed by atoms with Gasteiger partial charge in [-0.3, -0.25) is 0 Å². The van der Waals surface area contributed by atoms with Crippen LogP contribution >= 0.6 is 0 Å². The second kappa shape index (κ2) is 7.50. The van der Waals surface area contributed by atoms with Crippen LogP contribution in [0, 0.1) is 0 Å². The molecule has 0 aliphatic heterocycles. The number of carbonyl (C=O) groups is 1. The molecule has 0 bridgehead atoms. The van der Waals surface area contributed by atoms with Gasteiger partial charge in [-0.25, -0.2) is 4.79 Å². The van der Waals surface area contributed by atoms with Crippen LogP contribution in [0.1, 0.15) is 31.7 Å². The molecule has 0 radical (unpaired) electrons. The van der Waals surface area contributed by atoms with Crippen LogP contribution in [-0.4, -0.2) is 17.7 Å². The van der Waals surface area contributed by atoms with Gasteiger partial charge in [-0.2, -0.15) is 0 Å². The van der Waals surface area contributed by atoms with Crippen molar-refractivity contribution in [3.05, 3.63) is 54.1 Å². The lowest BCUT2D eigenvalue weighted by Crippen LogP contribution is -2.17. The third-order valence-electron chi connectivity index (χ3n) is 3.49. The molecule has 116 valence electrons. The number of hydrogen-bond acceptors (Lipinski definition) is 4. The lowest BCUT2D eigenvalue weighted by Gasteiger charge is -2.10. The van der Waals surface area contributed by atoms with E-state index in [0.29, 0.717) is 17.4 Å². The van der Waals surface area contributed by atoms with Gasteiger partial charge in [-0.05, 0) is 54.3 Å². The van der Waals surface area contributed by atoms with E-state index in [1.165, 1.54) is 17.7 Å². The highest BCUT2D eigenvalue weighted by Gasteiger charge is 2.08. The number of aromatic hydroxyl groups is 1. The fourth-order valence-electron chi connectivity index (χ4n) is 1.95. The Morgan fingerprint density at radius 2 is 1.64 bits per heavy atom. The summed E-state index contributed by atoms with van der Waals surface area (Å²) in [5.74, 6) is 1.18. The van der Waals surface area contributed by atoms with E-state index in [9.17, 15) is 4.79 Å². The van der Waals surface area contributed by atoms with Gasteiger partial charge in [0.1, 0.15) is 17.2 Å². The zero-order valence-electron chi connectivity index (χ0n) is 12.8. The summed E-state index contributed by atoms with van der Waals surface area (Å²) < 4.78 is 10.5. The summed E-state index contributed by atoms with van der Waals surface area (Å²) in [6, 6.07) is 13.7. The summed E-state index contributed by atoms with van der Waals surface area (Å²) in [6.07, 6.45) is 1.07. The van der Waals surface area contributed by atoms with Crippen LogP contribution in [0.3, 0.4) is 0 Å². The average Bonchev–Trinajstić information content (AvgIpc) is 2.54. The first kappa shape index (κ1) is 15.9. The van der Waals surface area contributed by atoms with Gasteiger partial charge in [0.15, 0.2) is 6.61 Å². The van der Waals surface area contributed by atoms with Crippen molar-refractivity contribution < 1.29 is 19.4 Å². The highest BCUT2D eigenvalue weighted by molar-refractivity contribution is 5.74. The van der Waals surface area contributed by atoms with Crippen molar-refractivity contribution in [1.29, 1.82) is 0 Å². The number of phenolic OH excluding ortho intramolecular Hbond substituents is 1. The molecule has 2 rings (SSSR count). The smallest absolute Gasteiger partial charge is 0.349 e. The Morgan fingerprint density at radius 1 is 1.05 bits per heavy atom. The maximum Gasteiger partial charge on any atom is 0.349 e. The van der Waals surface area contributed by atoms with Crippen LogP contribution in [0.4, 0.5) is 0 Å². The molecule has 1 N–H and O–H groups in total. The van der Waals surface area contributed by atoms with E-state index < -0.39 is 5.97 Å². The molecule has 0 heterocycles. The van der Waals surface area contributed by atoms with Gasteiger partial charge in [0.25, 0.3) is 0 Å². The maximum atomic E-state index is 11.7. The summed E-state index contributed by atoms with van der Waals surface area (Å²) in [5, 5.41) is 9.16. The van der Waals surface area contributed by atoms with Crippen LogP contribution in [-0.2, 0) is 4.79 Å². The molecule has 1 unspecified atom stereocenters. The number of esters is 1. The lowest BCUT2D eigenvalue weighted by molar-refractivity contribution is -0.136. The molecular formula is C18H20O4. The third-order valence-corrected chi connectivity index (χ3v) is 3.49. The summed E-state index contributed by atoms with van der Waals surface area (Å²) in [6.45, 7) is 4.11. The van der Waals surface area contributed by atoms with E-state index >= 15 is 0 Å². The molecule has 2 aromatic rings. The van der Waals surface area contributed by atoms with Gasteiger partial charge in [-0.1, -0.05) is 26.0 Å². The molecule has 0 saturated heterocycles. The topological polar surface area (TPSA) is 55.8 Å². The van der Waals surface area contributed by atoms with Gasteiger partial charge >= 0.3 is 5.97 Å². The fourth-order valence-corrected chi connectivity index (χ4v) is 1.95. The Morgan fingerprint density at radius 3 is 2.23 bits per heavy atom. The largest absolute Gasteiger partial charge is 0.508 e. The normalized spacial score (nSPS) is 11.7. The van der Waals surface area contributed by atoms with Gasteiger partial charge < -0.3 is 14.6 Å². The Bertz CT molecular complexity index is 602. The summed E-state index contributed by atoms with van der Waals surface area (Å²) in [7, 11) is 0. The predicted octanol–water partition coefficient (Wildman–Crippen LogP) is 3.89. The molecule has 0 saturated carbocycles. The van der Waals surface area contributed by atoms with E-state index in [0.717, 1.165) is 6.42 Å². The summed E-state index contributed by atoms with van der Waals surface area (Å²) in [4.78, 5) is 11.7. The van der Waals surface area contributed by atoms with Crippen LogP contribution in [0.2, 0.25) is 0 Å². The van der Waals surface area contributed by atoms with Crippen molar-refractivity contribution in [1.82, 2.24) is 0 Å². The van der Waals surface area contributed by atoms with Crippen molar-refractivity contribution in [2.24, 2.45) is 0 Å². The zero-order valence-corrected chi connectivity index (χ0v) is 12.8. The SMILES string of the molecule is CCC(C)c1ccc(OC(=O)COc2ccc(O)cc2)cc1. The molecule has 4 heteroatoms. The molecule has 0 spiro atoms. The van der Waals surface area contributed by atoms with Crippen molar-refractivity contribution >= 4 is 5.97 Å². The van der Waals surface area contributed by atoms with Crippen molar-refractivity contribution in [3.63, 3.8) is 0 Å². The monoisotopic (exact) mass is 300 g/mol. The first-order chi connectivity index (χ1) is 10.6. The Hall–Kier alpha value is -2.49. The van der Waals surface area contributed by atoms with Crippen molar-refractivity contribution in [2.45, 2.75) is 26.2 Å². The number of rotatable bonds is 6. The van der Waals surface area contributed by atoms with E-state index in [2.05, 4.69) is 13.8 Å². The number of carbonyl (C=O) groups excluding carboxylic acids is 1. The molecule has 22 heavy (non-hydrogen) atoms. The summed E-state index contributed by atoms with van der Waals surface area (Å²) >= 11 is 0.